The van der Waals surface area contributed by atoms with Crippen molar-refractivity contribution in [3.05, 3.63) is 169 Å². The number of aromatic nitrogens is 4. The molecule has 6 heteroatoms. The van der Waals surface area contributed by atoms with Crippen molar-refractivity contribution >= 4 is 43.6 Å². The first kappa shape index (κ1) is 33.4. The van der Waals surface area contributed by atoms with Gasteiger partial charge in [0.05, 0.1) is 47.7 Å². The van der Waals surface area contributed by atoms with Crippen molar-refractivity contribution < 1.29 is 9.47 Å². The average molecular weight is 727 g/mol. The number of pyridine rings is 2. The third kappa shape index (κ3) is 5.41. The van der Waals surface area contributed by atoms with Gasteiger partial charge in [0.2, 0.25) is 0 Å². The summed E-state index contributed by atoms with van der Waals surface area (Å²) in [5.41, 5.74) is 15.3. The van der Waals surface area contributed by atoms with Gasteiger partial charge in [0.1, 0.15) is 11.5 Å². The summed E-state index contributed by atoms with van der Waals surface area (Å²) in [4.78, 5) is 9.60. The summed E-state index contributed by atoms with van der Waals surface area (Å²) >= 11 is 0. The standard InChI is InChI=1S/C50H38N4O2/c1-31-13-17-47-41(21-31)43-25-37(55-3)15-19-49(43)53(47)45-11-7-5-9-39(45)35-23-33(27-51-29-35)34-24-36(30-52-28-34)40-10-6-8-12-46(40)54-48-18-14-32(2)22-42(48)44-26-38(56-4)16-20-50(44)54/h5-30H,1-4H3. The van der Waals surface area contributed by atoms with Crippen molar-refractivity contribution in [3.63, 3.8) is 0 Å². The number of aryl methyl sites for hydroxylation is 2. The molecule has 0 saturated carbocycles. The molecule has 0 spiro atoms. The van der Waals surface area contributed by atoms with Crippen molar-refractivity contribution in [2.75, 3.05) is 14.2 Å². The lowest BCUT2D eigenvalue weighted by Gasteiger charge is -2.16. The summed E-state index contributed by atoms with van der Waals surface area (Å²) in [6.07, 6.45) is 7.76. The smallest absolute Gasteiger partial charge is 0.119 e. The number of fused-ring (bicyclic) bond motifs is 6. The molecule has 4 aromatic heterocycles. The van der Waals surface area contributed by atoms with Crippen LogP contribution in [0.2, 0.25) is 0 Å². The van der Waals surface area contributed by atoms with Gasteiger partial charge in [-0.15, -0.1) is 0 Å². The Kier molecular flexibility index (Phi) is 7.92. The normalized spacial score (nSPS) is 11.6. The Morgan fingerprint density at radius 1 is 0.393 bits per heavy atom. The van der Waals surface area contributed by atoms with Crippen LogP contribution in [-0.2, 0) is 0 Å². The van der Waals surface area contributed by atoms with Gasteiger partial charge < -0.3 is 18.6 Å². The summed E-state index contributed by atoms with van der Waals surface area (Å²) < 4.78 is 16.0. The minimum absolute atomic E-state index is 0.840. The SMILES string of the molecule is COc1ccc2c(c1)c1cc(C)ccc1n2-c1ccccc1-c1cncc(-c2cncc(-c3ccccc3-n3c4ccc(C)cc4c4cc(OC)ccc43)c2)c1. The van der Waals surface area contributed by atoms with E-state index in [4.69, 9.17) is 19.4 Å². The van der Waals surface area contributed by atoms with Crippen LogP contribution in [0, 0.1) is 13.8 Å². The molecule has 0 N–H and O–H groups in total. The molecule has 4 heterocycles. The highest BCUT2D eigenvalue weighted by Crippen LogP contribution is 2.41. The van der Waals surface area contributed by atoms with E-state index >= 15 is 0 Å². The molecule has 6 aromatic carbocycles. The van der Waals surface area contributed by atoms with Crippen LogP contribution < -0.4 is 9.47 Å². The van der Waals surface area contributed by atoms with Gasteiger partial charge in [-0.3, -0.25) is 9.97 Å². The van der Waals surface area contributed by atoms with E-state index in [0.717, 1.165) is 89.1 Å². The molecule has 0 aliphatic rings. The van der Waals surface area contributed by atoms with E-state index in [0.29, 0.717) is 0 Å². The lowest BCUT2D eigenvalue weighted by atomic mass is 9.98. The summed E-state index contributed by atoms with van der Waals surface area (Å²) in [6.45, 7) is 4.28. The maximum absolute atomic E-state index is 5.64. The number of nitrogens with zero attached hydrogens (tertiary/aromatic N) is 4. The molecule has 0 bridgehead atoms. The molecule has 0 saturated heterocycles. The third-order valence-electron chi connectivity index (χ3n) is 11.0. The van der Waals surface area contributed by atoms with Crippen molar-refractivity contribution in [3.8, 4) is 56.3 Å². The van der Waals surface area contributed by atoms with Crippen LogP contribution in [0.5, 0.6) is 11.5 Å². The monoisotopic (exact) mass is 726 g/mol. The molecule has 6 nitrogen and oxygen atoms in total. The van der Waals surface area contributed by atoms with Gasteiger partial charge in [-0.2, -0.15) is 0 Å². The van der Waals surface area contributed by atoms with Crippen LogP contribution >= 0.6 is 0 Å². The second kappa shape index (κ2) is 13.3. The number of para-hydroxylation sites is 2. The van der Waals surface area contributed by atoms with Gasteiger partial charge >= 0.3 is 0 Å². The highest BCUT2D eigenvalue weighted by Gasteiger charge is 2.19. The molecule has 0 aliphatic carbocycles. The first-order chi connectivity index (χ1) is 27.5. The molecule has 0 atom stereocenters. The van der Waals surface area contributed by atoms with Crippen molar-refractivity contribution in [2.24, 2.45) is 0 Å². The van der Waals surface area contributed by atoms with Gasteiger partial charge in [0.15, 0.2) is 0 Å². The fourth-order valence-corrected chi connectivity index (χ4v) is 8.32. The second-order valence-corrected chi connectivity index (χ2v) is 14.4. The highest BCUT2D eigenvalue weighted by molar-refractivity contribution is 6.11. The molecule has 0 aliphatic heterocycles. The van der Waals surface area contributed by atoms with E-state index in [9.17, 15) is 0 Å². The Morgan fingerprint density at radius 2 is 0.768 bits per heavy atom. The summed E-state index contributed by atoms with van der Waals surface area (Å²) in [7, 11) is 3.43. The summed E-state index contributed by atoms with van der Waals surface area (Å²) in [5.74, 6) is 1.68. The molecule has 0 unspecified atom stereocenters. The molecule has 0 fully saturated rings. The van der Waals surface area contributed by atoms with Crippen LogP contribution in [0.25, 0.3) is 88.4 Å². The largest absolute Gasteiger partial charge is 0.497 e. The van der Waals surface area contributed by atoms with Gasteiger partial charge in [0.25, 0.3) is 0 Å². The minimum Gasteiger partial charge on any atom is -0.497 e. The number of methoxy groups -OCH3 is 2. The number of rotatable bonds is 7. The number of hydrogen-bond donors (Lipinski definition) is 0. The first-order valence-corrected chi connectivity index (χ1v) is 18.8. The Balaban J connectivity index is 1.09. The molecule has 0 radical (unpaired) electrons. The van der Waals surface area contributed by atoms with E-state index in [1.165, 1.54) is 21.9 Å². The van der Waals surface area contributed by atoms with E-state index in [1.807, 2.05) is 36.9 Å². The topological polar surface area (TPSA) is 54.1 Å². The van der Waals surface area contributed by atoms with Gasteiger partial charge in [0, 0.05) is 79.7 Å². The fourth-order valence-electron chi connectivity index (χ4n) is 8.32. The summed E-state index contributed by atoms with van der Waals surface area (Å²) in [6, 6.07) is 47.5. The predicted molar refractivity (Wildman–Crippen MR) is 230 cm³/mol. The zero-order valence-electron chi connectivity index (χ0n) is 31.6. The molecule has 56 heavy (non-hydrogen) atoms. The minimum atomic E-state index is 0.840. The molecule has 10 aromatic rings. The van der Waals surface area contributed by atoms with Gasteiger partial charge in [-0.05, 0) is 98.8 Å². The zero-order valence-corrected chi connectivity index (χ0v) is 31.6. The maximum Gasteiger partial charge on any atom is 0.119 e. The Hall–Kier alpha value is -7.18. The van der Waals surface area contributed by atoms with E-state index < -0.39 is 0 Å². The number of hydrogen-bond acceptors (Lipinski definition) is 4. The van der Waals surface area contributed by atoms with Crippen LogP contribution in [-0.4, -0.2) is 33.3 Å². The lowest BCUT2D eigenvalue weighted by Crippen LogP contribution is -1.98. The third-order valence-corrected chi connectivity index (χ3v) is 11.0. The quantitative estimate of drug-likeness (QED) is 0.164. The zero-order chi connectivity index (χ0) is 37.9. The fraction of sp³-hybridized carbons (Fsp3) is 0.0800. The molecular weight excluding hydrogens is 689 g/mol. The van der Waals surface area contributed by atoms with E-state index in [2.05, 4.69) is 144 Å². The van der Waals surface area contributed by atoms with Crippen LogP contribution in [0.3, 0.4) is 0 Å². The lowest BCUT2D eigenvalue weighted by molar-refractivity contribution is 0.415. The van der Waals surface area contributed by atoms with Crippen molar-refractivity contribution in [1.82, 2.24) is 19.1 Å². The van der Waals surface area contributed by atoms with Gasteiger partial charge in [-0.1, -0.05) is 59.7 Å². The molecule has 10 rings (SSSR count). The predicted octanol–water partition coefficient (Wildman–Crippen LogP) is 12.3. The molecule has 270 valence electrons. The number of ether oxygens (including phenoxy) is 2. The van der Waals surface area contributed by atoms with E-state index in [1.54, 1.807) is 14.2 Å². The summed E-state index contributed by atoms with van der Waals surface area (Å²) in [5, 5.41) is 4.70. The molecule has 0 amide bonds. The van der Waals surface area contributed by atoms with Gasteiger partial charge in [-0.25, -0.2) is 0 Å². The molecular formula is C50H38N4O2. The van der Waals surface area contributed by atoms with Crippen molar-refractivity contribution in [2.45, 2.75) is 13.8 Å². The Morgan fingerprint density at radius 3 is 1.20 bits per heavy atom. The highest BCUT2D eigenvalue weighted by atomic mass is 16.5. The second-order valence-electron chi connectivity index (χ2n) is 14.4. The number of benzene rings is 6. The van der Waals surface area contributed by atoms with E-state index in [-0.39, 0.29) is 0 Å². The first-order valence-electron chi connectivity index (χ1n) is 18.8. The maximum atomic E-state index is 5.64. The Bertz CT molecular complexity index is 2940. The van der Waals surface area contributed by atoms with Crippen LogP contribution in [0.1, 0.15) is 11.1 Å². The average Bonchev–Trinajstić information content (AvgIpc) is 3.74. The Labute approximate surface area is 324 Å². The van der Waals surface area contributed by atoms with Crippen molar-refractivity contribution in [1.29, 1.82) is 0 Å². The van der Waals surface area contributed by atoms with Crippen LogP contribution in [0.15, 0.2) is 158 Å². The van der Waals surface area contributed by atoms with Crippen LogP contribution in [0.4, 0.5) is 0 Å².